The van der Waals surface area contributed by atoms with E-state index in [0.717, 1.165) is 17.1 Å². The molecule has 1 saturated carbocycles. The fraction of sp³-hybridized carbons (Fsp3) is 0.394. The van der Waals surface area contributed by atoms with Gasteiger partial charge in [-0.05, 0) is 30.3 Å². The first kappa shape index (κ1) is 35.2. The van der Waals surface area contributed by atoms with E-state index in [2.05, 4.69) is 31.0 Å². The van der Waals surface area contributed by atoms with Crippen molar-refractivity contribution in [3.8, 4) is 17.1 Å². The third-order valence-corrected chi connectivity index (χ3v) is 10.2. The van der Waals surface area contributed by atoms with Crippen molar-refractivity contribution in [2.75, 3.05) is 51.3 Å². The molecular weight excluding hydrogens is 707 g/mol. The first-order chi connectivity index (χ1) is 24.5. The molecule has 4 amide bonds. The number of anilines is 2. The zero-order valence-corrected chi connectivity index (χ0v) is 29.0. The predicted octanol–water partition coefficient (Wildman–Crippen LogP) is 2.36. The lowest BCUT2D eigenvalue weighted by Crippen LogP contribution is -2.50. The Morgan fingerprint density at radius 2 is 1.75 bits per heavy atom. The van der Waals surface area contributed by atoms with Gasteiger partial charge in [-0.1, -0.05) is 11.6 Å². The summed E-state index contributed by atoms with van der Waals surface area (Å²) in [5, 5.41) is 22.6. The second kappa shape index (κ2) is 12.8. The summed E-state index contributed by atoms with van der Waals surface area (Å²) in [6.07, 6.45) is -1.85. The van der Waals surface area contributed by atoms with Gasteiger partial charge in [0.1, 0.15) is 25.2 Å². The van der Waals surface area contributed by atoms with Crippen LogP contribution in [0.4, 0.5) is 29.3 Å². The van der Waals surface area contributed by atoms with Crippen molar-refractivity contribution in [1.82, 2.24) is 39.8 Å². The van der Waals surface area contributed by atoms with Gasteiger partial charge in [-0.25, -0.2) is 19.4 Å². The Morgan fingerprint density at radius 1 is 1.02 bits per heavy atom. The largest absolute Gasteiger partial charge is 0.435 e. The van der Waals surface area contributed by atoms with Crippen LogP contribution in [-0.2, 0) is 13.2 Å². The molecule has 0 radical (unpaired) electrons. The minimum atomic E-state index is -4.82. The number of likely N-dealkylation sites (tertiary alicyclic amines) is 2. The first-order valence-corrected chi connectivity index (χ1v) is 16.7. The number of nitrogen functional groups attached to an aromatic ring is 1. The van der Waals surface area contributed by atoms with Crippen LogP contribution in [0.15, 0.2) is 48.9 Å². The van der Waals surface area contributed by atoms with Crippen LogP contribution in [-0.4, -0.2) is 115 Å². The molecule has 6 N–H and O–H groups in total. The predicted molar refractivity (Wildman–Crippen MR) is 182 cm³/mol. The fourth-order valence-corrected chi connectivity index (χ4v) is 7.41. The summed E-state index contributed by atoms with van der Waals surface area (Å²) < 4.78 is 44.9. The zero-order valence-electron chi connectivity index (χ0n) is 28.2. The molecule has 2 aliphatic heterocycles. The number of aromatic nitrogens is 5. The number of rotatable bonds is 7. The third kappa shape index (κ3) is 6.75. The van der Waals surface area contributed by atoms with E-state index >= 15 is 0 Å². The van der Waals surface area contributed by atoms with Gasteiger partial charge in [0.05, 0.1) is 54.0 Å². The van der Waals surface area contributed by atoms with Gasteiger partial charge >= 0.3 is 12.2 Å². The highest BCUT2D eigenvalue weighted by molar-refractivity contribution is 6.34. The molecule has 2 saturated heterocycles. The average molecular weight is 743 g/mol. The first-order valence-electron chi connectivity index (χ1n) is 16.4. The fourth-order valence-electron chi connectivity index (χ4n) is 7.15. The van der Waals surface area contributed by atoms with E-state index in [4.69, 9.17) is 17.3 Å². The number of pyridine rings is 1. The molecule has 7 rings (SSSR count). The van der Waals surface area contributed by atoms with E-state index in [0.29, 0.717) is 36.3 Å². The number of likely N-dealkylation sites (N-methyl/N-ethyl adjacent to an activating group) is 1. The van der Waals surface area contributed by atoms with Crippen molar-refractivity contribution in [3.05, 3.63) is 71.0 Å². The van der Waals surface area contributed by atoms with Crippen molar-refractivity contribution in [2.24, 2.45) is 18.9 Å². The van der Waals surface area contributed by atoms with Crippen LogP contribution in [0.25, 0.3) is 17.1 Å². The number of nitrogens with one attached hydrogen (secondary N) is 3. The molecule has 15 nitrogen and oxygen atoms in total. The number of hydrogen-bond donors (Lipinski definition) is 5. The smallest absolute Gasteiger partial charge is 0.397 e. The monoisotopic (exact) mass is 742 g/mol. The Labute approximate surface area is 300 Å². The van der Waals surface area contributed by atoms with Crippen LogP contribution >= 0.6 is 11.6 Å². The Balaban J connectivity index is 0.967. The maximum atomic E-state index is 14.0. The van der Waals surface area contributed by atoms with Gasteiger partial charge in [-0.2, -0.15) is 18.3 Å². The van der Waals surface area contributed by atoms with Crippen LogP contribution in [0.1, 0.15) is 26.7 Å². The quantitative estimate of drug-likeness (QED) is 0.179. The maximum Gasteiger partial charge on any atom is 0.435 e. The second-order valence-electron chi connectivity index (χ2n) is 14.1. The van der Waals surface area contributed by atoms with Crippen molar-refractivity contribution >= 4 is 40.8 Å². The zero-order chi connectivity index (χ0) is 37.3. The number of piperidine rings is 1. The van der Waals surface area contributed by atoms with Gasteiger partial charge in [0.25, 0.3) is 11.8 Å². The highest BCUT2D eigenvalue weighted by Gasteiger charge is 2.58. The third-order valence-electron chi connectivity index (χ3n) is 9.85. The number of alkyl halides is 3. The molecule has 0 spiro atoms. The lowest BCUT2D eigenvalue weighted by atomic mass is 10.2. The molecule has 1 aliphatic carbocycles. The SMILES string of the molecule is Cn1c(-c2cn(-c3ccc(N)cn3)nc2C(F)(F)F)cnc1C(=O)Nc1ccc(C(=O)N[C@H]2[C@@H]3CN(C(=O)N[C@@H]4C[N+](C)(C)C[C@H]4O)C[C@@H]32)c(Cl)c1. The number of nitrogens with two attached hydrogens (primary N) is 1. The Morgan fingerprint density at radius 3 is 2.37 bits per heavy atom. The number of carbonyl (C=O) groups is 3. The molecule has 5 heterocycles. The molecule has 1 aromatic carbocycles. The molecule has 4 aromatic rings. The van der Waals surface area contributed by atoms with Gasteiger partial charge in [-0.15, -0.1) is 0 Å². The Bertz CT molecular complexity index is 2050. The molecule has 19 heteroatoms. The lowest BCUT2D eigenvalue weighted by molar-refractivity contribution is -0.879. The number of amides is 4. The summed E-state index contributed by atoms with van der Waals surface area (Å²) in [5.41, 5.74) is 4.86. The standard InChI is InChI=1S/C33H35ClF3N11O4/c1-45-24(21-13-47(44-28(21)33(35,36)37)26-7-4-16(38)9-39-26)10-40-29(45)31(51)41-17-5-6-18(22(34)8-17)30(50)43-27-19-11-46(12-20(19)27)32(52)42-23-14-48(2,3)15-25(23)49/h4-10,13,19-20,23,25,27,49H,11-12,14-15,38H2,1-3H3,(H2-,41,42,43,50,51,52)/p+1/t19-,20+,23-,25-,27+/m1/s1. The van der Waals surface area contributed by atoms with Crippen LogP contribution in [0.2, 0.25) is 5.02 Å². The highest BCUT2D eigenvalue weighted by Crippen LogP contribution is 2.46. The Kier molecular flexibility index (Phi) is 8.66. The van der Waals surface area contributed by atoms with Crippen molar-refractivity contribution < 1.29 is 37.1 Å². The van der Waals surface area contributed by atoms with Crippen LogP contribution in [0.3, 0.4) is 0 Å². The van der Waals surface area contributed by atoms with Gasteiger partial charge in [-0.3, -0.25) is 9.59 Å². The number of aliphatic hydroxyl groups excluding tert-OH is 1. The van der Waals surface area contributed by atoms with E-state index in [1.165, 1.54) is 48.1 Å². The topological polar surface area (TPSA) is 185 Å². The van der Waals surface area contributed by atoms with Gasteiger partial charge < -0.3 is 40.7 Å². The molecule has 5 atom stereocenters. The minimum Gasteiger partial charge on any atom is -0.397 e. The molecule has 274 valence electrons. The highest BCUT2D eigenvalue weighted by atomic mass is 35.5. The number of benzene rings is 1. The number of quaternary nitrogens is 1. The van der Waals surface area contributed by atoms with Crippen LogP contribution in [0, 0.1) is 11.8 Å². The summed E-state index contributed by atoms with van der Waals surface area (Å²) in [5.74, 6) is -1.01. The number of fused-ring (bicyclic) bond motifs is 1. The van der Waals surface area contributed by atoms with Gasteiger partial charge in [0, 0.05) is 49.9 Å². The number of carbonyl (C=O) groups excluding carboxylic acids is 3. The molecular formula is C33H36ClF3N11O4+. The van der Waals surface area contributed by atoms with Crippen molar-refractivity contribution in [1.29, 1.82) is 0 Å². The maximum absolute atomic E-state index is 14.0. The van der Waals surface area contributed by atoms with Crippen LogP contribution in [0.5, 0.6) is 0 Å². The summed E-state index contributed by atoms with van der Waals surface area (Å²) >= 11 is 6.45. The summed E-state index contributed by atoms with van der Waals surface area (Å²) in [6, 6.07) is 6.57. The minimum absolute atomic E-state index is 0.0196. The summed E-state index contributed by atoms with van der Waals surface area (Å²) in [6.45, 7) is 2.18. The van der Waals surface area contributed by atoms with E-state index in [1.54, 1.807) is 4.90 Å². The molecule has 3 aromatic heterocycles. The van der Waals surface area contributed by atoms with Crippen LogP contribution < -0.4 is 21.7 Å². The summed E-state index contributed by atoms with van der Waals surface area (Å²) in [4.78, 5) is 48.9. The van der Waals surface area contributed by atoms with E-state index in [9.17, 15) is 32.7 Å². The number of aliphatic hydroxyl groups is 1. The van der Waals surface area contributed by atoms with Gasteiger partial charge in [0.2, 0.25) is 0 Å². The Hall–Kier alpha value is -5.20. The molecule has 0 bridgehead atoms. The van der Waals surface area contributed by atoms with Crippen molar-refractivity contribution in [2.45, 2.75) is 24.4 Å². The molecule has 3 aliphatic rings. The van der Waals surface area contributed by atoms with E-state index < -0.39 is 29.8 Å². The summed E-state index contributed by atoms with van der Waals surface area (Å²) in [7, 11) is 5.41. The molecule has 3 fully saturated rings. The molecule has 52 heavy (non-hydrogen) atoms. The normalized spacial score (nSPS) is 23.3. The second-order valence-corrected chi connectivity index (χ2v) is 14.5. The number of nitrogens with zero attached hydrogens (tertiary/aromatic N) is 7. The van der Waals surface area contributed by atoms with E-state index in [-0.39, 0.29) is 69.1 Å². The van der Waals surface area contributed by atoms with E-state index in [1.807, 2.05) is 14.1 Å². The van der Waals surface area contributed by atoms with Gasteiger partial charge in [0.15, 0.2) is 17.3 Å². The lowest BCUT2D eigenvalue weighted by Gasteiger charge is -2.25. The number of hydrogen-bond acceptors (Lipinski definition) is 8. The number of imidazole rings is 1. The average Bonchev–Trinajstić information content (AvgIpc) is 3.57. The molecule has 0 unspecified atom stereocenters. The number of urea groups is 1. The number of halogens is 4. The van der Waals surface area contributed by atoms with Crippen molar-refractivity contribution in [3.63, 3.8) is 0 Å².